The molecule has 94 valence electrons. The number of benzene rings is 1. The SMILES string of the molecule is O[C@@H]1CCC[C@@]12CCCC1=C2Cc2ccccc21. The molecule has 1 spiro atoms. The fraction of sp³-hybridized carbons (Fsp3) is 0.529. The smallest absolute Gasteiger partial charge is 0.0633 e. The van der Waals surface area contributed by atoms with Crippen LogP contribution >= 0.6 is 0 Å². The van der Waals surface area contributed by atoms with Crippen LogP contribution in [0.3, 0.4) is 0 Å². The molecule has 1 saturated carbocycles. The van der Waals surface area contributed by atoms with E-state index in [1.54, 1.807) is 11.1 Å². The van der Waals surface area contributed by atoms with Crippen molar-refractivity contribution >= 4 is 5.57 Å². The second-order valence-corrected chi connectivity index (χ2v) is 6.21. The molecular weight excluding hydrogens is 220 g/mol. The first-order valence-electron chi connectivity index (χ1n) is 7.30. The van der Waals surface area contributed by atoms with Gasteiger partial charge in [0.1, 0.15) is 0 Å². The summed E-state index contributed by atoms with van der Waals surface area (Å²) in [6.45, 7) is 0. The van der Waals surface area contributed by atoms with Crippen LogP contribution in [-0.2, 0) is 6.42 Å². The molecule has 1 fully saturated rings. The topological polar surface area (TPSA) is 20.2 Å². The van der Waals surface area contributed by atoms with Gasteiger partial charge in [0, 0.05) is 5.41 Å². The molecule has 0 unspecified atom stereocenters. The van der Waals surface area contributed by atoms with Crippen LogP contribution in [0.25, 0.3) is 5.57 Å². The highest BCUT2D eigenvalue weighted by atomic mass is 16.3. The molecule has 1 aromatic rings. The van der Waals surface area contributed by atoms with Gasteiger partial charge in [0.2, 0.25) is 0 Å². The van der Waals surface area contributed by atoms with E-state index in [2.05, 4.69) is 24.3 Å². The minimum absolute atomic E-state index is 0.0860. The summed E-state index contributed by atoms with van der Waals surface area (Å²) < 4.78 is 0. The standard InChI is InChI=1S/C17H20O/c18-16-8-4-10-17(16)9-3-7-14-13-6-2-1-5-12(13)11-15(14)17/h1-2,5-6,16,18H,3-4,7-11H2/t16-,17-/m1/s1. The molecule has 0 heterocycles. The largest absolute Gasteiger partial charge is 0.392 e. The van der Waals surface area contributed by atoms with Gasteiger partial charge in [0.25, 0.3) is 0 Å². The molecule has 4 rings (SSSR count). The molecule has 1 aromatic carbocycles. The van der Waals surface area contributed by atoms with E-state index in [0.29, 0.717) is 0 Å². The number of hydrogen-bond acceptors (Lipinski definition) is 1. The number of aliphatic hydroxyl groups is 1. The van der Waals surface area contributed by atoms with E-state index in [1.807, 2.05) is 0 Å². The molecule has 2 atom stereocenters. The van der Waals surface area contributed by atoms with E-state index in [9.17, 15) is 5.11 Å². The minimum Gasteiger partial charge on any atom is -0.392 e. The van der Waals surface area contributed by atoms with Crippen LogP contribution in [0, 0.1) is 5.41 Å². The van der Waals surface area contributed by atoms with Gasteiger partial charge in [0.15, 0.2) is 0 Å². The lowest BCUT2D eigenvalue weighted by molar-refractivity contribution is 0.0673. The molecule has 0 radical (unpaired) electrons. The molecule has 0 aromatic heterocycles. The van der Waals surface area contributed by atoms with Gasteiger partial charge in [0.05, 0.1) is 6.10 Å². The summed E-state index contributed by atoms with van der Waals surface area (Å²) in [6.07, 6.45) is 8.12. The van der Waals surface area contributed by atoms with E-state index < -0.39 is 0 Å². The van der Waals surface area contributed by atoms with Crippen LogP contribution in [0.5, 0.6) is 0 Å². The average molecular weight is 240 g/mol. The van der Waals surface area contributed by atoms with Crippen molar-refractivity contribution < 1.29 is 5.11 Å². The summed E-state index contributed by atoms with van der Waals surface area (Å²) in [6, 6.07) is 8.84. The van der Waals surface area contributed by atoms with E-state index in [0.717, 1.165) is 12.8 Å². The molecule has 0 aliphatic heterocycles. The Morgan fingerprint density at radius 3 is 2.78 bits per heavy atom. The number of rotatable bonds is 0. The molecule has 3 aliphatic carbocycles. The van der Waals surface area contributed by atoms with Gasteiger partial charge in [-0.3, -0.25) is 0 Å². The first kappa shape index (κ1) is 10.8. The van der Waals surface area contributed by atoms with Gasteiger partial charge in [-0.25, -0.2) is 0 Å². The van der Waals surface area contributed by atoms with E-state index >= 15 is 0 Å². The summed E-state index contributed by atoms with van der Waals surface area (Å²) in [4.78, 5) is 0. The van der Waals surface area contributed by atoms with Crippen molar-refractivity contribution in [2.75, 3.05) is 0 Å². The van der Waals surface area contributed by atoms with Crippen LogP contribution in [0.2, 0.25) is 0 Å². The summed E-state index contributed by atoms with van der Waals surface area (Å²) in [5, 5.41) is 10.5. The Morgan fingerprint density at radius 2 is 1.94 bits per heavy atom. The Kier molecular flexibility index (Phi) is 2.23. The predicted octanol–water partition coefficient (Wildman–Crippen LogP) is 3.71. The van der Waals surface area contributed by atoms with Crippen molar-refractivity contribution in [1.82, 2.24) is 0 Å². The van der Waals surface area contributed by atoms with Crippen molar-refractivity contribution in [3.05, 3.63) is 41.0 Å². The fourth-order valence-electron chi connectivity index (χ4n) is 4.62. The second kappa shape index (κ2) is 3.71. The van der Waals surface area contributed by atoms with Gasteiger partial charge < -0.3 is 5.11 Å². The van der Waals surface area contributed by atoms with Crippen LogP contribution < -0.4 is 0 Å². The zero-order valence-corrected chi connectivity index (χ0v) is 10.8. The van der Waals surface area contributed by atoms with Crippen molar-refractivity contribution in [1.29, 1.82) is 0 Å². The van der Waals surface area contributed by atoms with E-state index in [1.165, 1.54) is 43.2 Å². The van der Waals surface area contributed by atoms with Crippen molar-refractivity contribution in [3.63, 3.8) is 0 Å². The second-order valence-electron chi connectivity index (χ2n) is 6.21. The molecular formula is C17H20O. The summed E-state index contributed by atoms with van der Waals surface area (Å²) in [5.41, 5.74) is 6.29. The van der Waals surface area contributed by atoms with Crippen molar-refractivity contribution in [2.45, 2.75) is 51.0 Å². The Bertz CT molecular complexity index is 528. The van der Waals surface area contributed by atoms with Gasteiger partial charge in [-0.05, 0) is 61.6 Å². The number of aliphatic hydroxyl groups excluding tert-OH is 1. The average Bonchev–Trinajstić information content (AvgIpc) is 2.94. The fourth-order valence-corrected chi connectivity index (χ4v) is 4.62. The highest BCUT2D eigenvalue weighted by molar-refractivity contribution is 5.78. The Morgan fingerprint density at radius 1 is 1.11 bits per heavy atom. The van der Waals surface area contributed by atoms with E-state index in [4.69, 9.17) is 0 Å². The molecule has 0 saturated heterocycles. The first-order chi connectivity index (χ1) is 8.81. The highest BCUT2D eigenvalue weighted by Gasteiger charge is 2.48. The number of hydrogen-bond donors (Lipinski definition) is 1. The number of allylic oxidation sites excluding steroid dienone is 1. The van der Waals surface area contributed by atoms with Gasteiger partial charge in [-0.2, -0.15) is 0 Å². The maximum Gasteiger partial charge on any atom is 0.0633 e. The highest BCUT2D eigenvalue weighted by Crippen LogP contribution is 2.57. The molecule has 18 heavy (non-hydrogen) atoms. The zero-order chi connectivity index (χ0) is 12.2. The summed E-state index contributed by atoms with van der Waals surface area (Å²) in [7, 11) is 0. The normalized spacial score (nSPS) is 33.9. The quantitative estimate of drug-likeness (QED) is 0.733. The van der Waals surface area contributed by atoms with Crippen molar-refractivity contribution in [2.24, 2.45) is 5.41 Å². The maximum atomic E-state index is 10.5. The Labute approximate surface area is 109 Å². The lowest BCUT2D eigenvalue weighted by Gasteiger charge is -2.39. The summed E-state index contributed by atoms with van der Waals surface area (Å²) in [5.74, 6) is 0. The molecule has 3 aliphatic rings. The van der Waals surface area contributed by atoms with Crippen LogP contribution in [-0.4, -0.2) is 11.2 Å². The van der Waals surface area contributed by atoms with Crippen LogP contribution in [0.15, 0.2) is 29.8 Å². The zero-order valence-electron chi connectivity index (χ0n) is 10.8. The van der Waals surface area contributed by atoms with Gasteiger partial charge in [-0.15, -0.1) is 0 Å². The third-order valence-electron chi connectivity index (χ3n) is 5.46. The van der Waals surface area contributed by atoms with Crippen LogP contribution in [0.4, 0.5) is 0 Å². The van der Waals surface area contributed by atoms with Crippen molar-refractivity contribution in [3.8, 4) is 0 Å². The number of fused-ring (bicyclic) bond motifs is 3. The van der Waals surface area contributed by atoms with Gasteiger partial charge >= 0.3 is 0 Å². The monoisotopic (exact) mass is 240 g/mol. The summed E-state index contributed by atoms with van der Waals surface area (Å²) >= 11 is 0. The third-order valence-corrected chi connectivity index (χ3v) is 5.46. The van der Waals surface area contributed by atoms with E-state index in [-0.39, 0.29) is 11.5 Å². The Balaban J connectivity index is 1.86. The predicted molar refractivity (Wildman–Crippen MR) is 73.2 cm³/mol. The third kappa shape index (κ3) is 1.26. The minimum atomic E-state index is -0.0860. The lowest BCUT2D eigenvalue weighted by Crippen LogP contribution is -2.34. The van der Waals surface area contributed by atoms with Crippen LogP contribution in [0.1, 0.15) is 49.7 Å². The molecule has 0 amide bonds. The Hall–Kier alpha value is -1.08. The molecule has 1 nitrogen and oxygen atoms in total. The molecule has 1 N–H and O–H groups in total. The molecule has 0 bridgehead atoms. The van der Waals surface area contributed by atoms with Gasteiger partial charge in [-0.1, -0.05) is 29.8 Å². The maximum absolute atomic E-state index is 10.5. The first-order valence-corrected chi connectivity index (χ1v) is 7.30. The lowest BCUT2D eigenvalue weighted by atomic mass is 9.67. The molecule has 1 heteroatoms.